The second kappa shape index (κ2) is 9.90. The number of nitrogens with one attached hydrogen (secondary N) is 1. The highest BCUT2D eigenvalue weighted by Crippen LogP contribution is 2.35. The van der Waals surface area contributed by atoms with Crippen molar-refractivity contribution in [1.82, 2.24) is 4.57 Å². The molecule has 1 N–H and O–H groups in total. The summed E-state index contributed by atoms with van der Waals surface area (Å²) >= 11 is 0. The number of pyridine rings is 1. The van der Waals surface area contributed by atoms with E-state index in [-0.39, 0.29) is 16.8 Å². The third kappa shape index (κ3) is 5.37. The zero-order valence-corrected chi connectivity index (χ0v) is 20.8. The first-order valence-electron chi connectivity index (χ1n) is 12.1. The van der Waals surface area contributed by atoms with Gasteiger partial charge in [-0.1, -0.05) is 44.9 Å². The lowest BCUT2D eigenvalue weighted by molar-refractivity contribution is 0.0908. The number of benzene rings is 2. The van der Waals surface area contributed by atoms with E-state index in [2.05, 4.69) is 12.2 Å². The number of carbonyl (C=O) groups excluding carboxylic acids is 2. The maximum Gasteiger partial charge on any atom is 0.268 e. The fraction of sp³-hybridized carbons (Fsp3) is 0.345. The van der Waals surface area contributed by atoms with Crippen molar-refractivity contribution in [3.8, 4) is 11.4 Å². The molecule has 1 aromatic heterocycles. The maximum atomic E-state index is 13.6. The molecule has 2 aromatic carbocycles. The van der Waals surface area contributed by atoms with Crippen LogP contribution in [0.2, 0.25) is 0 Å². The number of carbonyl (C=O) groups is 2. The number of amides is 1. The van der Waals surface area contributed by atoms with E-state index in [0.29, 0.717) is 42.1 Å². The molecule has 0 saturated heterocycles. The highest BCUT2D eigenvalue weighted by molar-refractivity contribution is 6.07. The van der Waals surface area contributed by atoms with Crippen LogP contribution in [0.3, 0.4) is 0 Å². The molecule has 0 aliphatic heterocycles. The first-order valence-corrected chi connectivity index (χ1v) is 12.1. The molecule has 1 heterocycles. The zero-order chi connectivity index (χ0) is 25.2. The van der Waals surface area contributed by atoms with Gasteiger partial charge >= 0.3 is 0 Å². The monoisotopic (exact) mass is 472 g/mol. The molecule has 6 heteroatoms. The van der Waals surface area contributed by atoms with Gasteiger partial charge in [0.05, 0.1) is 6.61 Å². The lowest BCUT2D eigenvalue weighted by Gasteiger charge is -2.32. The Hall–Kier alpha value is -3.67. The van der Waals surface area contributed by atoms with E-state index in [4.69, 9.17) is 4.74 Å². The minimum atomic E-state index is -0.545. The van der Waals surface area contributed by atoms with Gasteiger partial charge in [-0.2, -0.15) is 0 Å². The van der Waals surface area contributed by atoms with Crippen LogP contribution in [0.1, 0.15) is 72.0 Å². The largest absolute Gasteiger partial charge is 0.494 e. The Morgan fingerprint density at radius 2 is 1.71 bits per heavy atom. The predicted molar refractivity (Wildman–Crippen MR) is 138 cm³/mol. The number of aromatic nitrogens is 1. The number of hydrogen-bond acceptors (Lipinski definition) is 4. The van der Waals surface area contributed by atoms with Crippen LogP contribution in [0, 0.1) is 12.3 Å². The van der Waals surface area contributed by atoms with Crippen LogP contribution < -0.4 is 15.6 Å². The van der Waals surface area contributed by atoms with E-state index < -0.39 is 11.5 Å². The fourth-order valence-electron chi connectivity index (χ4n) is 4.41. The van der Waals surface area contributed by atoms with Crippen LogP contribution in [0.5, 0.6) is 5.75 Å². The molecule has 0 spiro atoms. The lowest BCUT2D eigenvalue weighted by Crippen LogP contribution is -2.37. The molecule has 0 saturated carbocycles. The summed E-state index contributed by atoms with van der Waals surface area (Å²) < 4.78 is 7.21. The Labute approximate surface area is 205 Å². The minimum absolute atomic E-state index is 0.0550. The number of Topliss-reactive ketones (excluding diaryl/α,β-unsaturated/α-hetero) is 1. The van der Waals surface area contributed by atoms with Gasteiger partial charge in [0.1, 0.15) is 11.3 Å². The van der Waals surface area contributed by atoms with E-state index in [0.717, 1.165) is 24.2 Å². The highest BCUT2D eigenvalue weighted by atomic mass is 16.5. The molecule has 35 heavy (non-hydrogen) atoms. The maximum absolute atomic E-state index is 13.6. The minimum Gasteiger partial charge on any atom is -0.494 e. The van der Waals surface area contributed by atoms with E-state index in [1.54, 1.807) is 24.3 Å². The molecule has 3 aromatic rings. The van der Waals surface area contributed by atoms with Gasteiger partial charge < -0.3 is 10.1 Å². The molecule has 4 rings (SSSR count). The number of anilines is 1. The summed E-state index contributed by atoms with van der Waals surface area (Å²) in [7, 11) is 0. The number of aryl methyl sites for hydroxylation is 1. The Bertz CT molecular complexity index is 1300. The Morgan fingerprint density at radius 3 is 2.37 bits per heavy atom. The van der Waals surface area contributed by atoms with Crippen molar-refractivity contribution in [2.45, 2.75) is 53.4 Å². The third-order valence-corrected chi connectivity index (χ3v) is 6.30. The number of hydrogen-bond donors (Lipinski definition) is 1. The van der Waals surface area contributed by atoms with Gasteiger partial charge in [-0.05, 0) is 67.6 Å². The van der Waals surface area contributed by atoms with Crippen molar-refractivity contribution in [2.75, 3.05) is 11.9 Å². The molecule has 0 radical (unpaired) electrons. The van der Waals surface area contributed by atoms with Gasteiger partial charge in [0.25, 0.3) is 11.5 Å². The van der Waals surface area contributed by atoms with Crippen LogP contribution >= 0.6 is 0 Å². The number of fused-ring (bicyclic) bond motifs is 1. The third-order valence-electron chi connectivity index (χ3n) is 6.30. The standard InChI is InChI=1S/C29H32N2O4/c1-5-6-15-35-22-13-9-20(10-14-22)30-27(33)24-16-23-25(17-29(3,4)18-26(23)32)31(28(24)34)21-11-7-19(2)8-12-21/h7-14,16H,5-6,15,17-18H2,1-4H3,(H,30,33). The SMILES string of the molecule is CCCCOc1ccc(NC(=O)c2cc3c(n(-c4ccc(C)cc4)c2=O)CC(C)(C)CC3=O)cc1. The average Bonchev–Trinajstić information content (AvgIpc) is 2.80. The summed E-state index contributed by atoms with van der Waals surface area (Å²) in [6.07, 6.45) is 2.96. The van der Waals surface area contributed by atoms with Crippen molar-refractivity contribution in [3.63, 3.8) is 0 Å². The van der Waals surface area contributed by atoms with Crippen LogP contribution in [0.15, 0.2) is 59.4 Å². The predicted octanol–water partition coefficient (Wildman–Crippen LogP) is 5.73. The first-order chi connectivity index (χ1) is 16.7. The van der Waals surface area contributed by atoms with E-state index in [9.17, 15) is 14.4 Å². The van der Waals surface area contributed by atoms with E-state index in [1.807, 2.05) is 45.0 Å². The smallest absolute Gasteiger partial charge is 0.268 e. The van der Waals surface area contributed by atoms with Gasteiger partial charge in [-0.3, -0.25) is 19.0 Å². The van der Waals surface area contributed by atoms with Gasteiger partial charge in [0.15, 0.2) is 5.78 Å². The van der Waals surface area contributed by atoms with Crippen molar-refractivity contribution in [2.24, 2.45) is 5.41 Å². The summed E-state index contributed by atoms with van der Waals surface area (Å²) in [4.78, 5) is 39.9. The molecule has 6 nitrogen and oxygen atoms in total. The van der Waals surface area contributed by atoms with Gasteiger partial charge in [0, 0.05) is 29.1 Å². The fourth-order valence-corrected chi connectivity index (χ4v) is 4.41. The summed E-state index contributed by atoms with van der Waals surface area (Å²) in [6, 6.07) is 16.1. The Morgan fingerprint density at radius 1 is 1.03 bits per heavy atom. The number of rotatable bonds is 7. The molecule has 0 atom stereocenters. The number of unbranched alkanes of at least 4 members (excludes halogenated alkanes) is 1. The van der Waals surface area contributed by atoms with Crippen LogP contribution in [0.25, 0.3) is 5.69 Å². The van der Waals surface area contributed by atoms with E-state index in [1.165, 1.54) is 10.6 Å². The molecule has 182 valence electrons. The normalized spacial score (nSPS) is 14.3. The topological polar surface area (TPSA) is 77.4 Å². The van der Waals surface area contributed by atoms with Gasteiger partial charge in [-0.25, -0.2) is 0 Å². The van der Waals surface area contributed by atoms with Crippen LogP contribution in [-0.2, 0) is 6.42 Å². The molecule has 0 bridgehead atoms. The first kappa shape index (κ1) is 24.5. The number of ketones is 1. The lowest BCUT2D eigenvalue weighted by atomic mass is 9.75. The second-order valence-electron chi connectivity index (χ2n) is 10.0. The summed E-state index contributed by atoms with van der Waals surface area (Å²) in [6.45, 7) is 8.76. The number of nitrogens with zero attached hydrogens (tertiary/aromatic N) is 1. The molecule has 0 fully saturated rings. The van der Waals surface area contributed by atoms with Crippen LogP contribution in [0.4, 0.5) is 5.69 Å². The number of ether oxygens (including phenoxy) is 1. The van der Waals surface area contributed by atoms with Crippen molar-refractivity contribution < 1.29 is 14.3 Å². The van der Waals surface area contributed by atoms with Crippen molar-refractivity contribution >= 4 is 17.4 Å². The summed E-state index contributed by atoms with van der Waals surface area (Å²) in [5.74, 6) is 0.121. The van der Waals surface area contributed by atoms with Gasteiger partial charge in [-0.15, -0.1) is 0 Å². The summed E-state index contributed by atoms with van der Waals surface area (Å²) in [5, 5.41) is 2.80. The van der Waals surface area contributed by atoms with Gasteiger partial charge in [0.2, 0.25) is 0 Å². The average molecular weight is 473 g/mol. The molecule has 1 amide bonds. The van der Waals surface area contributed by atoms with Crippen LogP contribution in [-0.4, -0.2) is 22.9 Å². The molecular formula is C29H32N2O4. The zero-order valence-electron chi connectivity index (χ0n) is 20.8. The second-order valence-corrected chi connectivity index (χ2v) is 10.0. The molecule has 1 aliphatic rings. The highest BCUT2D eigenvalue weighted by Gasteiger charge is 2.35. The van der Waals surface area contributed by atoms with E-state index >= 15 is 0 Å². The Kier molecular flexibility index (Phi) is 6.92. The quantitative estimate of drug-likeness (QED) is 0.445. The molecule has 1 aliphatic carbocycles. The summed E-state index contributed by atoms with van der Waals surface area (Å²) in [5.41, 5.74) is 2.58. The molecule has 0 unspecified atom stereocenters. The Balaban J connectivity index is 1.71. The molecular weight excluding hydrogens is 440 g/mol. The van der Waals surface area contributed by atoms with Crippen molar-refractivity contribution in [3.05, 3.63) is 87.3 Å². The van der Waals surface area contributed by atoms with Crippen molar-refractivity contribution in [1.29, 1.82) is 0 Å².